The van der Waals surface area contributed by atoms with Crippen LogP contribution < -0.4 is 21.0 Å². The predicted molar refractivity (Wildman–Crippen MR) is 127 cm³/mol. The van der Waals surface area contributed by atoms with Gasteiger partial charge >= 0.3 is 5.69 Å². The van der Waals surface area contributed by atoms with E-state index < -0.39 is 17.3 Å². The second-order valence-corrected chi connectivity index (χ2v) is 9.14. The molecule has 1 N–H and O–H groups in total. The van der Waals surface area contributed by atoms with Gasteiger partial charge in [-0.25, -0.2) is 9.69 Å². The van der Waals surface area contributed by atoms with Gasteiger partial charge in [0.1, 0.15) is 0 Å². The maximum Gasteiger partial charge on any atom is 0.332 e. The Kier molecular flexibility index (Phi) is 5.33. The van der Waals surface area contributed by atoms with Gasteiger partial charge in [0, 0.05) is 45.3 Å². The second kappa shape index (κ2) is 8.10. The van der Waals surface area contributed by atoms with Crippen molar-refractivity contribution in [2.24, 2.45) is 14.1 Å². The fourth-order valence-electron chi connectivity index (χ4n) is 4.69. The molecule has 1 unspecified atom stereocenters. The van der Waals surface area contributed by atoms with E-state index in [9.17, 15) is 19.2 Å². The average molecular weight is 486 g/mol. The van der Waals surface area contributed by atoms with E-state index in [0.29, 0.717) is 48.5 Å². The summed E-state index contributed by atoms with van der Waals surface area (Å²) in [6, 6.07) is 4.64. The van der Waals surface area contributed by atoms with Crippen LogP contribution in [0.15, 0.2) is 27.8 Å². The maximum atomic E-state index is 13.2. The van der Waals surface area contributed by atoms with E-state index >= 15 is 0 Å². The number of piperazine rings is 1. The molecular formula is C22H24ClN7O4. The molecule has 2 saturated heterocycles. The third-order valence-corrected chi connectivity index (χ3v) is 6.91. The first kappa shape index (κ1) is 22.4. The summed E-state index contributed by atoms with van der Waals surface area (Å²) in [5, 5.41) is 0.469. The van der Waals surface area contributed by atoms with Crippen molar-refractivity contribution in [3.05, 3.63) is 49.6 Å². The lowest BCUT2D eigenvalue weighted by molar-refractivity contribution is -0.123. The minimum atomic E-state index is -0.531. The normalized spacial score (nSPS) is 19.6. The summed E-state index contributed by atoms with van der Waals surface area (Å²) in [5.74, 6) is 0.0147. The Labute approximate surface area is 199 Å². The van der Waals surface area contributed by atoms with Gasteiger partial charge in [-0.1, -0.05) is 17.7 Å². The van der Waals surface area contributed by atoms with Crippen molar-refractivity contribution >= 4 is 46.2 Å². The number of fused-ring (bicyclic) bond motifs is 1. The molecule has 0 spiro atoms. The highest BCUT2D eigenvalue weighted by molar-refractivity contribution is 6.31. The van der Waals surface area contributed by atoms with Crippen LogP contribution in [0.4, 0.5) is 11.6 Å². The first-order valence-electron chi connectivity index (χ1n) is 10.9. The lowest BCUT2D eigenvalue weighted by atomic mass is 10.1. The van der Waals surface area contributed by atoms with Crippen molar-refractivity contribution in [3.63, 3.8) is 0 Å². The Morgan fingerprint density at radius 1 is 1.03 bits per heavy atom. The fraction of sp³-hybridized carbons (Fsp3) is 0.409. The van der Waals surface area contributed by atoms with Gasteiger partial charge in [-0.3, -0.25) is 28.4 Å². The van der Waals surface area contributed by atoms with Gasteiger partial charge in [0.15, 0.2) is 11.2 Å². The monoisotopic (exact) mass is 485 g/mol. The maximum absolute atomic E-state index is 13.2. The molecule has 0 radical (unpaired) electrons. The number of amides is 2. The summed E-state index contributed by atoms with van der Waals surface area (Å²) >= 11 is 6.10. The lowest BCUT2D eigenvalue weighted by Gasteiger charge is -2.36. The molecular weight excluding hydrogens is 462 g/mol. The lowest BCUT2D eigenvalue weighted by Crippen LogP contribution is -2.53. The molecule has 11 nitrogen and oxygen atoms in total. The molecule has 5 rings (SSSR count). The molecule has 4 heterocycles. The number of aryl methyl sites for hydroxylation is 2. The zero-order valence-corrected chi connectivity index (χ0v) is 19.8. The number of rotatable bonds is 3. The smallest absolute Gasteiger partial charge is 0.332 e. The molecule has 2 fully saturated rings. The van der Waals surface area contributed by atoms with Crippen molar-refractivity contribution in [2.75, 3.05) is 36.0 Å². The number of nitrogens with zero attached hydrogens (tertiary/aromatic N) is 6. The molecule has 0 saturated carbocycles. The minimum Gasteiger partial charge on any atom is -0.340 e. The van der Waals surface area contributed by atoms with Gasteiger partial charge in [0.2, 0.25) is 11.9 Å². The number of halogens is 1. The van der Waals surface area contributed by atoms with Crippen LogP contribution in [0.2, 0.25) is 5.02 Å². The molecule has 34 heavy (non-hydrogen) atoms. The number of H-pyrrole nitrogens is 1. The van der Waals surface area contributed by atoms with Crippen LogP contribution >= 0.6 is 11.6 Å². The Hall–Kier alpha value is -3.44. The number of benzene rings is 1. The molecule has 0 aliphatic carbocycles. The molecule has 2 aliphatic heterocycles. The fourth-order valence-corrected chi connectivity index (χ4v) is 4.85. The number of imide groups is 1. The number of aromatic nitrogens is 4. The quantitative estimate of drug-likeness (QED) is 0.533. The van der Waals surface area contributed by atoms with E-state index in [1.54, 1.807) is 25.2 Å². The van der Waals surface area contributed by atoms with E-state index in [1.807, 2.05) is 16.7 Å². The Morgan fingerprint density at radius 2 is 1.74 bits per heavy atom. The van der Waals surface area contributed by atoms with Crippen LogP contribution in [0.25, 0.3) is 11.2 Å². The van der Waals surface area contributed by atoms with Gasteiger partial charge < -0.3 is 9.88 Å². The number of anilines is 2. The van der Waals surface area contributed by atoms with Gasteiger partial charge in [0.05, 0.1) is 18.2 Å². The van der Waals surface area contributed by atoms with E-state index in [-0.39, 0.29) is 23.8 Å². The summed E-state index contributed by atoms with van der Waals surface area (Å²) in [4.78, 5) is 63.3. The number of imidazole rings is 1. The summed E-state index contributed by atoms with van der Waals surface area (Å²) in [7, 11) is 3.00. The van der Waals surface area contributed by atoms with Gasteiger partial charge in [-0.15, -0.1) is 0 Å². The SMILES string of the molecule is Cc1ccc(Cl)cc1N1C(=O)CC(N2CCN(c3nc4c([nH]3)c(=O)n(C)c(=O)n4C)CC2)C1=O. The number of carbonyl (C=O) groups excluding carboxylic acids is 2. The van der Waals surface area contributed by atoms with Crippen molar-refractivity contribution in [2.45, 2.75) is 19.4 Å². The Balaban J connectivity index is 1.34. The molecule has 2 aliphatic rings. The summed E-state index contributed by atoms with van der Waals surface area (Å²) < 4.78 is 2.38. The van der Waals surface area contributed by atoms with Crippen LogP contribution in [-0.4, -0.2) is 68.0 Å². The van der Waals surface area contributed by atoms with Gasteiger partial charge in [-0.2, -0.15) is 4.98 Å². The van der Waals surface area contributed by atoms with Crippen LogP contribution in [0, 0.1) is 6.92 Å². The van der Waals surface area contributed by atoms with Crippen LogP contribution in [0.1, 0.15) is 12.0 Å². The van der Waals surface area contributed by atoms with Crippen molar-refractivity contribution in [3.8, 4) is 0 Å². The van der Waals surface area contributed by atoms with Gasteiger partial charge in [-0.05, 0) is 24.6 Å². The zero-order valence-electron chi connectivity index (χ0n) is 19.0. The summed E-state index contributed by atoms with van der Waals surface area (Å²) in [6.07, 6.45) is 0.119. The predicted octanol–water partition coefficient (Wildman–Crippen LogP) is 0.376. The van der Waals surface area contributed by atoms with Gasteiger partial charge in [0.25, 0.3) is 11.5 Å². The highest BCUT2D eigenvalue weighted by Gasteiger charge is 2.44. The van der Waals surface area contributed by atoms with Crippen LogP contribution in [0.5, 0.6) is 0 Å². The highest BCUT2D eigenvalue weighted by atomic mass is 35.5. The van der Waals surface area contributed by atoms with Crippen LogP contribution in [0.3, 0.4) is 0 Å². The standard InChI is InChI=1S/C22H24ClN7O4/c1-12-4-5-13(23)10-14(12)30-16(31)11-15(19(30)32)28-6-8-29(9-7-28)21-24-17-18(25-21)26(2)22(34)27(3)20(17)33/h4-5,10,15H,6-9,11H2,1-3H3,(H,24,25). The Bertz CT molecular complexity index is 1450. The molecule has 1 aromatic carbocycles. The first-order chi connectivity index (χ1) is 16.2. The number of nitrogens with one attached hydrogen (secondary N) is 1. The van der Waals surface area contributed by atoms with Crippen molar-refractivity contribution < 1.29 is 9.59 Å². The number of carbonyl (C=O) groups is 2. The third kappa shape index (κ3) is 3.43. The molecule has 3 aromatic rings. The average Bonchev–Trinajstić information content (AvgIpc) is 3.40. The molecule has 178 valence electrons. The van der Waals surface area contributed by atoms with E-state index in [1.165, 1.54) is 16.5 Å². The molecule has 2 amide bonds. The van der Waals surface area contributed by atoms with Crippen molar-refractivity contribution in [1.29, 1.82) is 0 Å². The van der Waals surface area contributed by atoms with Crippen molar-refractivity contribution in [1.82, 2.24) is 24.0 Å². The number of hydrogen-bond acceptors (Lipinski definition) is 7. The summed E-state index contributed by atoms with van der Waals surface area (Å²) in [5.41, 5.74) is 1.03. The third-order valence-electron chi connectivity index (χ3n) is 6.67. The largest absolute Gasteiger partial charge is 0.340 e. The minimum absolute atomic E-state index is 0.119. The molecule has 1 atom stereocenters. The molecule has 2 aromatic heterocycles. The zero-order chi connectivity index (χ0) is 24.3. The topological polar surface area (TPSA) is 117 Å². The Morgan fingerprint density at radius 3 is 2.44 bits per heavy atom. The highest BCUT2D eigenvalue weighted by Crippen LogP contribution is 2.31. The first-order valence-corrected chi connectivity index (χ1v) is 11.3. The number of aromatic amines is 1. The van der Waals surface area contributed by atoms with E-state index in [4.69, 9.17) is 11.6 Å². The van der Waals surface area contributed by atoms with Crippen LogP contribution in [-0.2, 0) is 23.7 Å². The second-order valence-electron chi connectivity index (χ2n) is 8.71. The molecule has 0 bridgehead atoms. The van der Waals surface area contributed by atoms with E-state index in [0.717, 1.165) is 10.1 Å². The number of hydrogen-bond donors (Lipinski definition) is 1. The molecule has 12 heteroatoms. The van der Waals surface area contributed by atoms with E-state index in [2.05, 4.69) is 9.97 Å². The summed E-state index contributed by atoms with van der Waals surface area (Å²) in [6.45, 7) is 4.01.